The number of aliphatic carboxylic acids is 2. The van der Waals surface area contributed by atoms with E-state index in [0.29, 0.717) is 0 Å². The summed E-state index contributed by atoms with van der Waals surface area (Å²) >= 11 is 0. The normalized spacial score (nSPS) is 10.6. The van der Waals surface area contributed by atoms with Crippen LogP contribution in [0.2, 0.25) is 0 Å². The number of ether oxygens (including phenoxy) is 1. The number of carboxylic acids is 2. The summed E-state index contributed by atoms with van der Waals surface area (Å²) in [6, 6.07) is 0. The van der Waals surface area contributed by atoms with Gasteiger partial charge in [-0.25, -0.2) is 9.59 Å². The number of carbonyl (C=O) groups is 2. The maximum atomic E-state index is 11.3. The SMILES string of the molecule is C=C(COCC(C(=O)O)=C(C(C)C)C(C)C)C(=O)O. The van der Waals surface area contributed by atoms with Crippen molar-refractivity contribution in [2.24, 2.45) is 11.8 Å². The van der Waals surface area contributed by atoms with Crippen molar-refractivity contribution in [1.82, 2.24) is 0 Å². The Morgan fingerprint density at radius 2 is 1.47 bits per heavy atom. The molecule has 2 N–H and O–H groups in total. The van der Waals surface area contributed by atoms with Crippen molar-refractivity contribution in [3.8, 4) is 0 Å². The Balaban J connectivity index is 4.93. The second-order valence-corrected chi connectivity index (χ2v) is 4.95. The minimum absolute atomic E-state index is 0.0948. The van der Waals surface area contributed by atoms with Crippen molar-refractivity contribution in [2.75, 3.05) is 13.2 Å². The van der Waals surface area contributed by atoms with Gasteiger partial charge in [-0.3, -0.25) is 0 Å². The number of carboxylic acid groups (broad SMARTS) is 2. The van der Waals surface area contributed by atoms with E-state index in [-0.39, 0.29) is 36.2 Å². The number of allylic oxidation sites excluding steroid dienone is 1. The Morgan fingerprint density at radius 3 is 1.79 bits per heavy atom. The summed E-state index contributed by atoms with van der Waals surface area (Å²) in [5, 5.41) is 17.9. The van der Waals surface area contributed by atoms with Gasteiger partial charge in [-0.05, 0) is 11.8 Å². The standard InChI is InChI=1S/C14H22O5/c1-8(2)12(9(3)4)11(14(17)18)7-19-6-10(5)13(15)16/h8-9H,5-7H2,1-4H3,(H,15,16)(H,17,18). The molecule has 0 amide bonds. The van der Waals surface area contributed by atoms with Crippen LogP contribution in [0.15, 0.2) is 23.3 Å². The van der Waals surface area contributed by atoms with Crippen LogP contribution < -0.4 is 0 Å². The highest BCUT2D eigenvalue weighted by Crippen LogP contribution is 2.24. The molecule has 0 atom stereocenters. The fraction of sp³-hybridized carbons (Fsp3) is 0.571. The molecule has 0 radical (unpaired) electrons. The third-order valence-corrected chi connectivity index (χ3v) is 2.68. The van der Waals surface area contributed by atoms with Crippen LogP contribution >= 0.6 is 0 Å². The van der Waals surface area contributed by atoms with E-state index in [1.165, 1.54) is 0 Å². The minimum Gasteiger partial charge on any atom is -0.478 e. The summed E-state index contributed by atoms with van der Waals surface area (Å²) in [6.45, 7) is 10.7. The van der Waals surface area contributed by atoms with Crippen molar-refractivity contribution in [2.45, 2.75) is 27.7 Å². The molecule has 0 heterocycles. The van der Waals surface area contributed by atoms with E-state index in [4.69, 9.17) is 9.84 Å². The van der Waals surface area contributed by atoms with Crippen molar-refractivity contribution in [1.29, 1.82) is 0 Å². The van der Waals surface area contributed by atoms with Gasteiger partial charge in [0.25, 0.3) is 0 Å². The largest absolute Gasteiger partial charge is 0.478 e. The van der Waals surface area contributed by atoms with E-state index in [9.17, 15) is 14.7 Å². The van der Waals surface area contributed by atoms with E-state index in [1.807, 2.05) is 27.7 Å². The average molecular weight is 270 g/mol. The highest BCUT2D eigenvalue weighted by molar-refractivity contribution is 5.88. The average Bonchev–Trinajstić information content (AvgIpc) is 2.25. The Labute approximate surface area is 113 Å². The fourth-order valence-corrected chi connectivity index (χ4v) is 1.97. The monoisotopic (exact) mass is 270 g/mol. The van der Waals surface area contributed by atoms with Gasteiger partial charge < -0.3 is 14.9 Å². The first-order chi connectivity index (χ1) is 8.68. The molecule has 0 fully saturated rings. The molecule has 0 aliphatic rings. The first-order valence-corrected chi connectivity index (χ1v) is 6.13. The summed E-state index contributed by atoms with van der Waals surface area (Å²) in [5.74, 6) is -1.98. The molecule has 0 saturated carbocycles. The zero-order chi connectivity index (χ0) is 15.2. The molecular weight excluding hydrogens is 248 g/mol. The second-order valence-electron chi connectivity index (χ2n) is 4.95. The molecule has 0 saturated heterocycles. The van der Waals surface area contributed by atoms with E-state index < -0.39 is 11.9 Å². The van der Waals surface area contributed by atoms with E-state index in [2.05, 4.69) is 6.58 Å². The van der Waals surface area contributed by atoms with Gasteiger partial charge in [-0.1, -0.05) is 39.8 Å². The first kappa shape index (κ1) is 17.4. The molecule has 0 spiro atoms. The summed E-state index contributed by atoms with van der Waals surface area (Å²) in [6.07, 6.45) is 0. The Bertz CT molecular complexity index is 381. The highest BCUT2D eigenvalue weighted by atomic mass is 16.5. The summed E-state index contributed by atoms with van der Waals surface area (Å²) in [4.78, 5) is 21.8. The van der Waals surface area contributed by atoms with Crippen LogP contribution in [-0.2, 0) is 14.3 Å². The number of hydrogen-bond acceptors (Lipinski definition) is 3. The highest BCUT2D eigenvalue weighted by Gasteiger charge is 2.20. The molecule has 5 heteroatoms. The molecule has 0 rings (SSSR count). The van der Waals surface area contributed by atoms with Crippen LogP contribution in [0.25, 0.3) is 0 Å². The van der Waals surface area contributed by atoms with Gasteiger partial charge in [-0.15, -0.1) is 0 Å². The minimum atomic E-state index is -1.14. The van der Waals surface area contributed by atoms with Crippen molar-refractivity contribution in [3.05, 3.63) is 23.3 Å². The molecule has 0 bridgehead atoms. The summed E-state index contributed by atoms with van der Waals surface area (Å²) < 4.78 is 5.14. The molecule has 19 heavy (non-hydrogen) atoms. The molecule has 0 aromatic heterocycles. The van der Waals surface area contributed by atoms with Crippen LogP contribution in [0.4, 0.5) is 0 Å². The molecule has 5 nitrogen and oxygen atoms in total. The van der Waals surface area contributed by atoms with E-state index in [1.54, 1.807) is 0 Å². The zero-order valence-electron chi connectivity index (χ0n) is 11.9. The van der Waals surface area contributed by atoms with Crippen LogP contribution in [0.5, 0.6) is 0 Å². The van der Waals surface area contributed by atoms with Crippen molar-refractivity contribution in [3.63, 3.8) is 0 Å². The van der Waals surface area contributed by atoms with Crippen LogP contribution in [0, 0.1) is 11.8 Å². The quantitative estimate of drug-likeness (QED) is 0.661. The first-order valence-electron chi connectivity index (χ1n) is 6.13. The number of rotatable bonds is 8. The van der Waals surface area contributed by atoms with Crippen LogP contribution in [0.3, 0.4) is 0 Å². The predicted octanol–water partition coefficient (Wildman–Crippen LogP) is 2.34. The van der Waals surface area contributed by atoms with E-state index in [0.717, 1.165) is 5.57 Å². The molecule has 0 aromatic rings. The lowest BCUT2D eigenvalue weighted by Crippen LogP contribution is -2.18. The maximum Gasteiger partial charge on any atom is 0.333 e. The van der Waals surface area contributed by atoms with Gasteiger partial charge in [0, 0.05) is 0 Å². The molecule has 0 aromatic carbocycles. The zero-order valence-corrected chi connectivity index (χ0v) is 11.9. The lowest BCUT2D eigenvalue weighted by Gasteiger charge is -2.19. The van der Waals surface area contributed by atoms with Gasteiger partial charge in [-0.2, -0.15) is 0 Å². The smallest absolute Gasteiger partial charge is 0.333 e. The molecule has 0 unspecified atom stereocenters. The molecule has 108 valence electrons. The summed E-state index contributed by atoms with van der Waals surface area (Å²) in [5.41, 5.74) is 0.914. The van der Waals surface area contributed by atoms with Crippen molar-refractivity contribution >= 4 is 11.9 Å². The third kappa shape index (κ3) is 5.70. The molecule has 0 aliphatic heterocycles. The van der Waals surface area contributed by atoms with Gasteiger partial charge in [0.1, 0.15) is 0 Å². The predicted molar refractivity (Wildman–Crippen MR) is 71.9 cm³/mol. The Hall–Kier alpha value is -1.62. The van der Waals surface area contributed by atoms with Gasteiger partial charge in [0.2, 0.25) is 0 Å². The number of hydrogen-bond donors (Lipinski definition) is 2. The molecular formula is C14H22O5. The second kappa shape index (κ2) is 7.74. The fourth-order valence-electron chi connectivity index (χ4n) is 1.97. The maximum absolute atomic E-state index is 11.3. The lowest BCUT2D eigenvalue weighted by molar-refractivity contribution is -0.133. The van der Waals surface area contributed by atoms with Crippen LogP contribution in [-0.4, -0.2) is 35.4 Å². The third-order valence-electron chi connectivity index (χ3n) is 2.68. The lowest BCUT2D eigenvalue weighted by atomic mass is 9.88. The van der Waals surface area contributed by atoms with E-state index >= 15 is 0 Å². The molecule has 0 aliphatic carbocycles. The summed E-state index contributed by atoms with van der Waals surface area (Å²) in [7, 11) is 0. The Morgan fingerprint density at radius 1 is 1.00 bits per heavy atom. The van der Waals surface area contributed by atoms with Gasteiger partial charge in [0.15, 0.2) is 0 Å². The van der Waals surface area contributed by atoms with Gasteiger partial charge in [0.05, 0.1) is 24.4 Å². The topological polar surface area (TPSA) is 83.8 Å². The van der Waals surface area contributed by atoms with Crippen LogP contribution in [0.1, 0.15) is 27.7 Å². The van der Waals surface area contributed by atoms with Crippen molar-refractivity contribution < 1.29 is 24.5 Å². The van der Waals surface area contributed by atoms with Gasteiger partial charge >= 0.3 is 11.9 Å². The Kier molecular flexibility index (Phi) is 7.08.